The highest BCUT2D eigenvalue weighted by Gasteiger charge is 2.30. The van der Waals surface area contributed by atoms with Crippen molar-refractivity contribution in [2.75, 3.05) is 5.75 Å². The molecule has 0 unspecified atom stereocenters. The molecule has 0 saturated carbocycles. The molecule has 2 N–H and O–H groups in total. The highest BCUT2D eigenvalue weighted by Crippen LogP contribution is 2.30. The van der Waals surface area contributed by atoms with Crippen LogP contribution in [0.5, 0.6) is 0 Å². The first kappa shape index (κ1) is 16.2. The number of aromatic amines is 1. The van der Waals surface area contributed by atoms with Gasteiger partial charge in [0, 0.05) is 6.54 Å². The standard InChI is InChI=1S/C11H9F3N2O5S/c12-11(13,14)6-1-2-8-7(5-6)15-9(17)10(18)16(8)3-4-22(19,20)21/h1-2,5H,3-4H2,(H,15,17)(H,19,20,21). The van der Waals surface area contributed by atoms with Crippen LogP contribution in [0.4, 0.5) is 13.2 Å². The summed E-state index contributed by atoms with van der Waals surface area (Å²) >= 11 is 0. The van der Waals surface area contributed by atoms with E-state index in [2.05, 4.69) is 0 Å². The maximum absolute atomic E-state index is 12.6. The van der Waals surface area contributed by atoms with Crippen LogP contribution in [0.1, 0.15) is 5.56 Å². The maximum atomic E-state index is 12.6. The maximum Gasteiger partial charge on any atom is 0.416 e. The van der Waals surface area contributed by atoms with E-state index in [1.165, 1.54) is 0 Å². The molecule has 1 heterocycles. The number of rotatable bonds is 3. The summed E-state index contributed by atoms with van der Waals surface area (Å²) < 4.78 is 68.7. The van der Waals surface area contributed by atoms with E-state index in [1.807, 2.05) is 4.98 Å². The Kier molecular flexibility index (Phi) is 3.87. The van der Waals surface area contributed by atoms with Crippen LogP contribution in [0.15, 0.2) is 27.8 Å². The number of nitrogens with one attached hydrogen (secondary N) is 1. The zero-order valence-corrected chi connectivity index (χ0v) is 11.5. The van der Waals surface area contributed by atoms with Gasteiger partial charge in [0.2, 0.25) is 0 Å². The van der Waals surface area contributed by atoms with Crippen LogP contribution >= 0.6 is 0 Å². The molecule has 1 aromatic heterocycles. The Labute approximate surface area is 120 Å². The number of H-pyrrole nitrogens is 1. The van der Waals surface area contributed by atoms with Crippen molar-refractivity contribution < 1.29 is 26.1 Å². The van der Waals surface area contributed by atoms with E-state index >= 15 is 0 Å². The van der Waals surface area contributed by atoms with Crippen molar-refractivity contribution in [3.63, 3.8) is 0 Å². The van der Waals surface area contributed by atoms with Crippen molar-refractivity contribution in [2.45, 2.75) is 12.7 Å². The molecule has 0 aliphatic heterocycles. The van der Waals surface area contributed by atoms with E-state index in [9.17, 15) is 31.2 Å². The molecular weight excluding hydrogens is 329 g/mol. The van der Waals surface area contributed by atoms with Gasteiger partial charge in [-0.25, -0.2) is 0 Å². The molecule has 1 aromatic carbocycles. The van der Waals surface area contributed by atoms with Crippen molar-refractivity contribution in [3.05, 3.63) is 44.5 Å². The zero-order valence-electron chi connectivity index (χ0n) is 10.7. The largest absolute Gasteiger partial charge is 0.416 e. The first-order valence-corrected chi connectivity index (χ1v) is 7.39. The number of nitrogens with zero attached hydrogens (tertiary/aromatic N) is 1. The topological polar surface area (TPSA) is 109 Å². The fourth-order valence-electron chi connectivity index (χ4n) is 1.88. The minimum absolute atomic E-state index is 0.0822. The second-order valence-electron chi connectivity index (χ2n) is 4.43. The third kappa shape index (κ3) is 3.36. The van der Waals surface area contributed by atoms with Gasteiger partial charge in [0.25, 0.3) is 10.1 Å². The predicted molar refractivity (Wildman–Crippen MR) is 70.2 cm³/mol. The molecule has 22 heavy (non-hydrogen) atoms. The number of hydrogen-bond donors (Lipinski definition) is 2. The Morgan fingerprint density at radius 1 is 1.23 bits per heavy atom. The number of alkyl halides is 3. The summed E-state index contributed by atoms with van der Waals surface area (Å²) in [7, 11) is -4.40. The number of fused-ring (bicyclic) bond motifs is 1. The van der Waals surface area contributed by atoms with Crippen LogP contribution in [0, 0.1) is 0 Å². The number of hydrogen-bond acceptors (Lipinski definition) is 4. The van der Waals surface area contributed by atoms with E-state index in [4.69, 9.17) is 4.55 Å². The molecule has 0 amide bonds. The average Bonchev–Trinajstić information content (AvgIpc) is 2.36. The monoisotopic (exact) mass is 338 g/mol. The summed E-state index contributed by atoms with van der Waals surface area (Å²) in [5, 5.41) is 0. The normalized spacial score (nSPS) is 12.7. The van der Waals surface area contributed by atoms with Crippen molar-refractivity contribution >= 4 is 21.2 Å². The van der Waals surface area contributed by atoms with Crippen LogP contribution in [0.2, 0.25) is 0 Å². The van der Waals surface area contributed by atoms with Gasteiger partial charge in [0.05, 0.1) is 22.3 Å². The Morgan fingerprint density at radius 2 is 1.86 bits per heavy atom. The van der Waals surface area contributed by atoms with Crippen molar-refractivity contribution in [1.82, 2.24) is 9.55 Å². The van der Waals surface area contributed by atoms with Crippen LogP contribution in [0.3, 0.4) is 0 Å². The Morgan fingerprint density at radius 3 is 2.41 bits per heavy atom. The Bertz CT molecular complexity index is 943. The van der Waals surface area contributed by atoms with E-state index in [-0.39, 0.29) is 11.0 Å². The number of aryl methyl sites for hydroxylation is 1. The minimum atomic E-state index is -4.64. The lowest BCUT2D eigenvalue weighted by molar-refractivity contribution is -0.137. The minimum Gasteiger partial charge on any atom is -0.316 e. The fourth-order valence-corrected chi connectivity index (χ4v) is 2.30. The molecule has 2 aromatic rings. The predicted octanol–water partition coefficient (Wildman–Crippen LogP) is 0.596. The van der Waals surface area contributed by atoms with Crippen LogP contribution < -0.4 is 11.1 Å². The summed E-state index contributed by atoms with van der Waals surface area (Å²) in [4.78, 5) is 25.2. The summed E-state index contributed by atoms with van der Waals surface area (Å²) in [6.45, 7) is -0.566. The summed E-state index contributed by atoms with van der Waals surface area (Å²) in [5.41, 5.74) is -3.70. The van der Waals surface area contributed by atoms with Crippen LogP contribution in [-0.2, 0) is 22.8 Å². The molecule has 2 rings (SSSR count). The van der Waals surface area contributed by atoms with Gasteiger partial charge < -0.3 is 9.55 Å². The smallest absolute Gasteiger partial charge is 0.316 e. The lowest BCUT2D eigenvalue weighted by atomic mass is 10.2. The van der Waals surface area contributed by atoms with Crippen molar-refractivity contribution in [3.8, 4) is 0 Å². The lowest BCUT2D eigenvalue weighted by Gasteiger charge is -2.11. The highest BCUT2D eigenvalue weighted by molar-refractivity contribution is 7.85. The SMILES string of the molecule is O=c1[nH]c2cc(C(F)(F)F)ccc2n(CCS(=O)(=O)O)c1=O. The number of aromatic nitrogens is 2. The molecule has 0 atom stereocenters. The molecule has 7 nitrogen and oxygen atoms in total. The van der Waals surface area contributed by atoms with Crippen molar-refractivity contribution in [2.24, 2.45) is 0 Å². The zero-order chi connectivity index (χ0) is 16.7. The van der Waals surface area contributed by atoms with Gasteiger partial charge >= 0.3 is 17.3 Å². The third-order valence-electron chi connectivity index (χ3n) is 2.88. The van der Waals surface area contributed by atoms with Crippen LogP contribution in [0.25, 0.3) is 11.0 Å². The van der Waals surface area contributed by atoms with E-state index < -0.39 is 45.3 Å². The summed E-state index contributed by atoms with van der Waals surface area (Å²) in [6, 6.07) is 2.28. The molecular formula is C11H9F3N2O5S. The molecule has 11 heteroatoms. The molecule has 0 spiro atoms. The molecule has 0 fully saturated rings. The highest BCUT2D eigenvalue weighted by atomic mass is 32.2. The average molecular weight is 338 g/mol. The van der Waals surface area contributed by atoms with Gasteiger partial charge in [-0.1, -0.05) is 0 Å². The second kappa shape index (κ2) is 5.25. The first-order chi connectivity index (χ1) is 9.99. The summed E-state index contributed by atoms with van der Waals surface area (Å²) in [5.74, 6) is -0.855. The van der Waals surface area contributed by atoms with Gasteiger partial charge in [0.1, 0.15) is 0 Å². The van der Waals surface area contributed by atoms with Gasteiger partial charge in [0.15, 0.2) is 0 Å². The van der Waals surface area contributed by atoms with Gasteiger partial charge in [-0.3, -0.25) is 14.1 Å². The molecule has 0 aliphatic rings. The number of halogens is 3. The van der Waals surface area contributed by atoms with Gasteiger partial charge in [-0.05, 0) is 18.2 Å². The number of benzene rings is 1. The van der Waals surface area contributed by atoms with E-state index in [0.717, 1.165) is 6.07 Å². The van der Waals surface area contributed by atoms with Crippen LogP contribution in [-0.4, -0.2) is 28.3 Å². The second-order valence-corrected chi connectivity index (χ2v) is 6.00. The lowest BCUT2D eigenvalue weighted by Crippen LogP contribution is -2.37. The quantitative estimate of drug-likeness (QED) is 0.629. The molecule has 0 radical (unpaired) electrons. The Balaban J connectivity index is 2.67. The van der Waals surface area contributed by atoms with E-state index in [1.54, 1.807) is 0 Å². The third-order valence-corrected chi connectivity index (χ3v) is 3.57. The summed E-state index contributed by atoms with van der Waals surface area (Å²) in [6.07, 6.45) is -4.64. The van der Waals surface area contributed by atoms with Gasteiger partial charge in [-0.15, -0.1) is 0 Å². The molecule has 120 valence electrons. The molecule has 0 bridgehead atoms. The van der Waals surface area contributed by atoms with E-state index in [0.29, 0.717) is 16.7 Å². The van der Waals surface area contributed by atoms with Crippen molar-refractivity contribution in [1.29, 1.82) is 0 Å². The molecule has 0 saturated heterocycles. The Hall–Kier alpha value is -2.14. The first-order valence-electron chi connectivity index (χ1n) is 5.78. The molecule has 0 aliphatic carbocycles. The van der Waals surface area contributed by atoms with Gasteiger partial charge in [-0.2, -0.15) is 21.6 Å². The fraction of sp³-hybridized carbons (Fsp3) is 0.273.